The van der Waals surface area contributed by atoms with Crippen LogP contribution in [0.3, 0.4) is 0 Å². The fourth-order valence-electron chi connectivity index (χ4n) is 8.74. The fourth-order valence-corrected chi connectivity index (χ4v) is 8.74. The molecular formula is C53H57F4N7O10. The number of hydrogen-bond acceptors (Lipinski definition) is 15. The lowest BCUT2D eigenvalue weighted by atomic mass is 9.88. The molecule has 392 valence electrons. The number of amides is 1. The topological polar surface area (TPSA) is 220 Å². The van der Waals surface area contributed by atoms with E-state index in [4.69, 9.17) is 29.4 Å². The number of aromatic nitrogens is 4. The van der Waals surface area contributed by atoms with Crippen molar-refractivity contribution >= 4 is 40.6 Å². The van der Waals surface area contributed by atoms with Gasteiger partial charge in [0, 0.05) is 34.0 Å². The number of nitrogens with one attached hydrogen (secondary N) is 1. The number of anilines is 1. The minimum absolute atomic E-state index is 0.0299. The third kappa shape index (κ3) is 13.1. The van der Waals surface area contributed by atoms with E-state index in [1.165, 1.54) is 24.8 Å². The fraction of sp³-hybridized carbons (Fsp3) is 0.377. The van der Waals surface area contributed by atoms with Crippen molar-refractivity contribution in [2.24, 2.45) is 17.6 Å². The Kier molecular flexibility index (Phi) is 18.2. The van der Waals surface area contributed by atoms with Gasteiger partial charge in [-0.25, -0.2) is 42.1 Å². The molecule has 4 N–H and O–H groups in total. The van der Waals surface area contributed by atoms with Crippen LogP contribution in [-0.4, -0.2) is 125 Å². The molecule has 6 aromatic rings. The molecule has 1 amide bonds. The number of Topliss-reactive ketones (excluding diaryl/α,β-unsaturated/α-hetero) is 2. The molecule has 4 heterocycles. The number of nitrogens with zero attached hydrogens (tertiary/aromatic N) is 5. The number of methoxy groups -OCH3 is 1. The summed E-state index contributed by atoms with van der Waals surface area (Å²) in [7, 11) is 4.57. The number of fused-ring (bicyclic) bond motifs is 1. The van der Waals surface area contributed by atoms with E-state index in [0.29, 0.717) is 16.9 Å². The number of halogens is 4. The quantitative estimate of drug-likeness (QED) is 0.0547. The van der Waals surface area contributed by atoms with Crippen LogP contribution in [0.2, 0.25) is 0 Å². The maximum atomic E-state index is 15.6. The van der Waals surface area contributed by atoms with Gasteiger partial charge in [-0.05, 0) is 41.7 Å². The average Bonchev–Trinajstić information content (AvgIpc) is 4.02. The monoisotopic (exact) mass is 1030 g/mol. The lowest BCUT2D eigenvalue weighted by Crippen LogP contribution is -2.46. The molecule has 0 spiro atoms. The largest absolute Gasteiger partial charge is 0.459 e. The van der Waals surface area contributed by atoms with Crippen LogP contribution in [0.25, 0.3) is 11.2 Å². The Morgan fingerprint density at radius 1 is 0.743 bits per heavy atom. The predicted octanol–water partition coefficient (Wildman–Crippen LogP) is 6.53. The number of hydrogen-bond donors (Lipinski definition) is 3. The van der Waals surface area contributed by atoms with E-state index in [-0.39, 0.29) is 30.7 Å². The van der Waals surface area contributed by atoms with E-state index >= 15 is 17.6 Å². The van der Waals surface area contributed by atoms with Crippen molar-refractivity contribution in [2.45, 2.75) is 80.9 Å². The van der Waals surface area contributed by atoms with Crippen LogP contribution >= 0.6 is 0 Å². The van der Waals surface area contributed by atoms with Crippen molar-refractivity contribution in [2.75, 3.05) is 39.3 Å². The molecule has 2 aliphatic rings. The van der Waals surface area contributed by atoms with Crippen LogP contribution in [0.1, 0.15) is 46.1 Å². The molecular weight excluding hydrogens is 971 g/mol. The zero-order valence-corrected chi connectivity index (χ0v) is 40.7. The second-order valence-corrected chi connectivity index (χ2v) is 18.0. The zero-order valence-electron chi connectivity index (χ0n) is 40.7. The third-order valence-corrected chi connectivity index (χ3v) is 12.7. The van der Waals surface area contributed by atoms with E-state index in [0.717, 1.165) is 22.8 Å². The number of carbonyl (C=O) groups excluding carboxylic acids is 4. The summed E-state index contributed by atoms with van der Waals surface area (Å²) in [5.74, 6) is -11.7. The number of esters is 1. The number of ether oxygens (including phenoxy) is 5. The van der Waals surface area contributed by atoms with E-state index in [1.54, 1.807) is 91.8 Å². The van der Waals surface area contributed by atoms with Crippen LogP contribution in [0.4, 0.5) is 28.2 Å². The number of alkyl halides is 4. The molecule has 0 unspecified atom stereocenters. The number of ketones is 2. The Bertz CT molecular complexity index is 2800. The number of aliphatic hydroxyl groups is 1. The number of benzene rings is 4. The Labute approximate surface area is 423 Å². The van der Waals surface area contributed by atoms with Gasteiger partial charge in [-0.15, -0.1) is 0 Å². The van der Waals surface area contributed by atoms with Crippen molar-refractivity contribution in [3.05, 3.63) is 156 Å². The number of aliphatic hydroxyl groups excluding tert-OH is 1. The van der Waals surface area contributed by atoms with E-state index in [9.17, 15) is 24.3 Å². The zero-order chi connectivity index (χ0) is 53.0. The lowest BCUT2D eigenvalue weighted by molar-refractivity contribution is -0.209. The van der Waals surface area contributed by atoms with Gasteiger partial charge in [0.15, 0.2) is 22.8 Å². The molecule has 0 saturated carbocycles. The number of rotatable bonds is 20. The minimum Gasteiger partial charge on any atom is -0.459 e. The molecule has 0 radical (unpaired) electrons. The lowest BCUT2D eigenvalue weighted by Gasteiger charge is -2.25. The van der Waals surface area contributed by atoms with Gasteiger partial charge in [0.1, 0.15) is 31.4 Å². The van der Waals surface area contributed by atoms with Gasteiger partial charge < -0.3 is 44.7 Å². The smallest absolute Gasteiger partial charge is 0.408 e. The van der Waals surface area contributed by atoms with Crippen LogP contribution in [-0.2, 0) is 52.7 Å². The van der Waals surface area contributed by atoms with Crippen molar-refractivity contribution in [1.82, 2.24) is 24.8 Å². The molecule has 21 heteroatoms. The second kappa shape index (κ2) is 24.7. The first-order chi connectivity index (χ1) is 35.5. The second-order valence-electron chi connectivity index (χ2n) is 18.0. The van der Waals surface area contributed by atoms with Crippen molar-refractivity contribution in [3.63, 3.8) is 0 Å². The number of nitrogens with two attached hydrogens (primary N) is 1. The van der Waals surface area contributed by atoms with E-state index < -0.39 is 110 Å². The van der Waals surface area contributed by atoms with Crippen molar-refractivity contribution in [3.8, 4) is 0 Å². The van der Waals surface area contributed by atoms with Gasteiger partial charge in [0.25, 0.3) is 5.92 Å². The standard InChI is InChI=1S/C31H31F2NO7.C22H26F2N6O3/c1-38-29-31(32,33)24(27(41-29)20-39-28(36)23-15-9-4-10-16-23)18-26(35)25(17-21-11-5-2-6-12-21)34-30(37)40-19-22-13-7-3-8-14-22;1-29(2)19-18-20(27-11-26-19)30(12-28-18)21-22(23,24)14(17(10-31)33-21)9-16(32)15(25)8-13-6-4-3-5-7-13/h2-16,24-25,27,29H,17-20H2,1H3,(H,34,37);3-7,11-12,14-15,17,21,31H,8-10,25H2,1-2H3/t24-,25-,27+,29+;14-,15-,17+,21+/m00/s1. The molecule has 2 aliphatic heterocycles. The summed E-state index contributed by atoms with van der Waals surface area (Å²) in [5, 5.41) is 12.3. The highest BCUT2D eigenvalue weighted by molar-refractivity contribution is 5.90. The molecule has 8 atom stereocenters. The molecule has 2 fully saturated rings. The summed E-state index contributed by atoms with van der Waals surface area (Å²) in [5.41, 5.74) is 9.07. The molecule has 2 aromatic heterocycles. The van der Waals surface area contributed by atoms with Gasteiger partial charge in [0.05, 0.1) is 48.5 Å². The van der Waals surface area contributed by atoms with Gasteiger partial charge in [-0.1, -0.05) is 109 Å². The first-order valence-electron chi connectivity index (χ1n) is 23.6. The molecule has 0 bridgehead atoms. The summed E-state index contributed by atoms with van der Waals surface area (Å²) in [6, 6.07) is 32.9. The number of alkyl carbamates (subject to hydrolysis) is 1. The van der Waals surface area contributed by atoms with Gasteiger partial charge in [-0.2, -0.15) is 0 Å². The minimum atomic E-state index is -3.57. The summed E-state index contributed by atoms with van der Waals surface area (Å²) in [4.78, 5) is 65.4. The molecule has 0 aliphatic carbocycles. The Morgan fingerprint density at radius 3 is 1.91 bits per heavy atom. The molecule has 4 aromatic carbocycles. The SMILES string of the molecule is CN(C)c1ncnc2c1ncn2[C@@H]1O[C@H](CO)[C@H](CC(=O)[C@@H](N)Cc2ccccc2)C1(F)F.CO[C@@H]1O[C@H](COC(=O)c2ccccc2)[C@H](CC(=O)[C@H](Cc2ccccc2)NC(=O)OCc2ccccc2)C1(F)F. The maximum Gasteiger partial charge on any atom is 0.408 e. The van der Waals surface area contributed by atoms with E-state index in [1.807, 2.05) is 36.4 Å². The van der Waals surface area contributed by atoms with Crippen LogP contribution in [0, 0.1) is 11.8 Å². The van der Waals surface area contributed by atoms with Crippen LogP contribution in [0.15, 0.2) is 134 Å². The molecule has 17 nitrogen and oxygen atoms in total. The highest BCUT2D eigenvalue weighted by Gasteiger charge is 2.61. The van der Waals surface area contributed by atoms with Gasteiger partial charge in [0.2, 0.25) is 12.5 Å². The first kappa shape index (κ1) is 54.6. The van der Waals surface area contributed by atoms with Crippen molar-refractivity contribution in [1.29, 1.82) is 0 Å². The summed E-state index contributed by atoms with van der Waals surface area (Å²) in [6.07, 6.45) is -5.57. The normalized spacial score (nSPS) is 21.4. The summed E-state index contributed by atoms with van der Waals surface area (Å²) in [6.45, 7) is -1.21. The third-order valence-electron chi connectivity index (χ3n) is 12.7. The molecule has 74 heavy (non-hydrogen) atoms. The highest BCUT2D eigenvalue weighted by atomic mass is 19.3. The van der Waals surface area contributed by atoms with Crippen LogP contribution in [0.5, 0.6) is 0 Å². The summed E-state index contributed by atoms with van der Waals surface area (Å²) < 4.78 is 89.2. The van der Waals surface area contributed by atoms with Gasteiger partial charge >= 0.3 is 18.0 Å². The predicted molar refractivity (Wildman–Crippen MR) is 261 cm³/mol. The Balaban J connectivity index is 0.000000221. The Hall–Kier alpha value is -7.17. The van der Waals surface area contributed by atoms with Gasteiger partial charge in [-0.3, -0.25) is 14.2 Å². The Morgan fingerprint density at radius 2 is 1.31 bits per heavy atom. The van der Waals surface area contributed by atoms with Crippen molar-refractivity contribution < 1.29 is 65.5 Å². The number of carbonyl (C=O) groups is 4. The maximum absolute atomic E-state index is 15.6. The van der Waals surface area contributed by atoms with Crippen LogP contribution < -0.4 is 16.0 Å². The average molecular weight is 1030 g/mol. The summed E-state index contributed by atoms with van der Waals surface area (Å²) >= 11 is 0. The highest BCUT2D eigenvalue weighted by Crippen LogP contribution is 2.49. The first-order valence-corrected chi connectivity index (χ1v) is 23.6. The molecule has 2 saturated heterocycles. The molecule has 8 rings (SSSR count). The number of imidazole rings is 1. The van der Waals surface area contributed by atoms with E-state index in [2.05, 4.69) is 20.3 Å².